The van der Waals surface area contributed by atoms with Crippen molar-refractivity contribution >= 4 is 11.9 Å². The van der Waals surface area contributed by atoms with E-state index in [1.54, 1.807) is 18.2 Å². The second kappa shape index (κ2) is 7.92. The molecule has 0 fully saturated rings. The van der Waals surface area contributed by atoms with Crippen molar-refractivity contribution in [2.75, 3.05) is 13.7 Å². The zero-order valence-electron chi connectivity index (χ0n) is 15.2. The Hall–Kier alpha value is -3.03. The number of carbonyl (C=O) groups excluding carboxylic acids is 1. The van der Waals surface area contributed by atoms with Gasteiger partial charge in [-0.05, 0) is 41.7 Å². The van der Waals surface area contributed by atoms with Gasteiger partial charge in [-0.2, -0.15) is 8.78 Å². The molecule has 0 radical (unpaired) electrons. The highest BCUT2D eigenvalue weighted by Crippen LogP contribution is 2.43. The van der Waals surface area contributed by atoms with E-state index in [1.807, 2.05) is 6.08 Å². The molecule has 1 heterocycles. The minimum Gasteiger partial charge on any atom is -0.435 e. The van der Waals surface area contributed by atoms with Crippen molar-refractivity contribution in [2.24, 2.45) is 10.7 Å². The first-order valence-corrected chi connectivity index (χ1v) is 8.70. The van der Waals surface area contributed by atoms with Crippen molar-refractivity contribution in [3.63, 3.8) is 0 Å². The third-order valence-electron chi connectivity index (χ3n) is 4.72. The molecule has 28 heavy (non-hydrogen) atoms. The van der Waals surface area contributed by atoms with Crippen LogP contribution in [0.2, 0.25) is 0 Å². The predicted molar refractivity (Wildman–Crippen MR) is 99.7 cm³/mol. The molecule has 0 saturated heterocycles. The van der Waals surface area contributed by atoms with Gasteiger partial charge in [0, 0.05) is 7.05 Å². The van der Waals surface area contributed by atoms with Crippen LogP contribution in [0, 0.1) is 0 Å². The number of guanidine groups is 1. The number of allylic oxidation sites excluding steroid dienone is 5. The van der Waals surface area contributed by atoms with Crippen molar-refractivity contribution in [1.29, 1.82) is 0 Å². The number of rotatable bonds is 6. The Morgan fingerprint density at radius 1 is 1.36 bits per heavy atom. The molecule has 1 aliphatic carbocycles. The van der Waals surface area contributed by atoms with E-state index in [9.17, 15) is 18.0 Å². The number of nitrogens with two attached hydrogens (primary N) is 1. The van der Waals surface area contributed by atoms with Crippen LogP contribution < -0.4 is 10.5 Å². The summed E-state index contributed by atoms with van der Waals surface area (Å²) in [5.41, 5.74) is 6.53. The lowest BCUT2D eigenvalue weighted by atomic mass is 9.77. The fourth-order valence-electron chi connectivity index (χ4n) is 3.36. The number of nitrogens with zero attached hydrogens (tertiary/aromatic N) is 2. The number of likely N-dealkylation sites (N-methyl/N-ethyl adjacent to an activating group) is 1. The lowest BCUT2D eigenvalue weighted by Crippen LogP contribution is -2.41. The van der Waals surface area contributed by atoms with E-state index in [4.69, 9.17) is 5.73 Å². The zero-order chi connectivity index (χ0) is 20.3. The van der Waals surface area contributed by atoms with Gasteiger partial charge in [0.25, 0.3) is 5.91 Å². The van der Waals surface area contributed by atoms with Crippen molar-refractivity contribution in [2.45, 2.75) is 25.0 Å². The number of ether oxygens (including phenoxy) is 1. The highest BCUT2D eigenvalue weighted by molar-refractivity contribution is 6.09. The maximum absolute atomic E-state index is 13.2. The molecule has 1 aromatic carbocycles. The average molecular weight is 391 g/mol. The first kappa shape index (κ1) is 19.7. The molecule has 1 aliphatic heterocycles. The number of hydrogen-bond acceptors (Lipinski definition) is 4. The molecule has 1 aromatic rings. The number of alkyl halides is 3. The van der Waals surface area contributed by atoms with Crippen LogP contribution in [0.1, 0.15) is 18.4 Å². The van der Waals surface area contributed by atoms with E-state index >= 15 is 0 Å². The summed E-state index contributed by atoms with van der Waals surface area (Å²) in [6, 6.07) is 5.77. The van der Waals surface area contributed by atoms with Crippen molar-refractivity contribution in [3.8, 4) is 5.75 Å². The predicted octanol–water partition coefficient (Wildman–Crippen LogP) is 3.44. The summed E-state index contributed by atoms with van der Waals surface area (Å²) in [6.45, 7) is -3.41. The van der Waals surface area contributed by atoms with Crippen LogP contribution in [-0.4, -0.2) is 37.1 Å². The van der Waals surface area contributed by atoms with Crippen LogP contribution in [0.3, 0.4) is 0 Å². The Morgan fingerprint density at radius 2 is 2.07 bits per heavy atom. The van der Waals surface area contributed by atoms with Crippen LogP contribution in [-0.2, 0) is 10.3 Å². The Labute approximate surface area is 160 Å². The normalized spacial score (nSPS) is 23.4. The SMILES string of the molecule is CN1C(=O)C(C2=CC=CC(=CCCF)C2)(c2ccc(OC(F)F)cc2)N=C1N. The fourth-order valence-corrected chi connectivity index (χ4v) is 3.36. The number of aliphatic imine (C=N–C) groups is 1. The van der Waals surface area contributed by atoms with Crippen LogP contribution in [0.15, 0.2) is 64.7 Å². The number of halogens is 3. The molecular formula is C20H20F3N3O2. The van der Waals surface area contributed by atoms with Gasteiger partial charge < -0.3 is 10.5 Å². The van der Waals surface area contributed by atoms with Crippen molar-refractivity contribution < 1.29 is 22.7 Å². The lowest BCUT2D eigenvalue weighted by molar-refractivity contribution is -0.129. The van der Waals surface area contributed by atoms with Gasteiger partial charge in [0.15, 0.2) is 11.5 Å². The van der Waals surface area contributed by atoms with E-state index in [0.29, 0.717) is 17.6 Å². The standard InChI is InChI=1S/C20H20F3N3O2/c1-26-17(27)20(25-19(26)24,14-7-9-16(10-8-14)28-18(22)23)15-6-2-4-13(12-15)5-3-11-21/h2,4-10,18H,3,11-12H2,1H3,(H2,24,25). The highest BCUT2D eigenvalue weighted by Gasteiger charge is 2.50. The van der Waals surface area contributed by atoms with Gasteiger partial charge in [-0.25, -0.2) is 4.99 Å². The number of hydrogen-bond donors (Lipinski definition) is 1. The average Bonchev–Trinajstić information content (AvgIpc) is 2.92. The molecule has 1 amide bonds. The molecule has 0 bridgehead atoms. The molecule has 1 unspecified atom stereocenters. The monoisotopic (exact) mass is 391 g/mol. The summed E-state index contributed by atoms with van der Waals surface area (Å²) in [7, 11) is 1.52. The molecule has 0 spiro atoms. The Morgan fingerprint density at radius 3 is 2.64 bits per heavy atom. The maximum Gasteiger partial charge on any atom is 0.387 e. The molecule has 8 heteroatoms. The molecule has 5 nitrogen and oxygen atoms in total. The van der Waals surface area contributed by atoms with Gasteiger partial charge in [-0.15, -0.1) is 0 Å². The van der Waals surface area contributed by atoms with E-state index in [-0.39, 0.29) is 24.0 Å². The lowest BCUT2D eigenvalue weighted by Gasteiger charge is -2.30. The second-order valence-corrected chi connectivity index (χ2v) is 6.43. The van der Waals surface area contributed by atoms with Crippen LogP contribution in [0.4, 0.5) is 13.2 Å². The number of amides is 1. The van der Waals surface area contributed by atoms with Crippen molar-refractivity contribution in [1.82, 2.24) is 4.90 Å². The summed E-state index contributed by atoms with van der Waals surface area (Å²) in [6.07, 6.45) is 7.84. The Balaban J connectivity index is 2.05. The smallest absolute Gasteiger partial charge is 0.387 e. The van der Waals surface area contributed by atoms with E-state index < -0.39 is 18.8 Å². The molecule has 0 aromatic heterocycles. The molecule has 3 rings (SSSR count). The number of benzene rings is 1. The second-order valence-electron chi connectivity index (χ2n) is 6.43. The van der Waals surface area contributed by atoms with Crippen LogP contribution in [0.25, 0.3) is 0 Å². The van der Waals surface area contributed by atoms with Gasteiger partial charge in [-0.1, -0.05) is 36.4 Å². The summed E-state index contributed by atoms with van der Waals surface area (Å²) in [5, 5.41) is 0. The molecule has 2 N–H and O–H groups in total. The minimum atomic E-state index is -2.94. The first-order valence-electron chi connectivity index (χ1n) is 8.70. The van der Waals surface area contributed by atoms with Crippen LogP contribution in [0.5, 0.6) is 5.75 Å². The Bertz CT molecular complexity index is 875. The zero-order valence-corrected chi connectivity index (χ0v) is 15.2. The van der Waals surface area contributed by atoms with E-state index in [0.717, 1.165) is 5.57 Å². The van der Waals surface area contributed by atoms with Gasteiger partial charge >= 0.3 is 6.61 Å². The van der Waals surface area contributed by atoms with Gasteiger partial charge in [0.05, 0.1) is 6.67 Å². The molecule has 148 valence electrons. The van der Waals surface area contributed by atoms with Gasteiger partial charge in [0.1, 0.15) is 5.75 Å². The topological polar surface area (TPSA) is 67.9 Å². The summed E-state index contributed by atoms with van der Waals surface area (Å²) < 4.78 is 41.8. The van der Waals surface area contributed by atoms with Crippen molar-refractivity contribution in [3.05, 3.63) is 65.3 Å². The third-order valence-corrected chi connectivity index (χ3v) is 4.72. The molecule has 2 aliphatic rings. The Kier molecular flexibility index (Phi) is 5.58. The van der Waals surface area contributed by atoms with Gasteiger partial charge in [0.2, 0.25) is 0 Å². The quantitative estimate of drug-likeness (QED) is 0.808. The largest absolute Gasteiger partial charge is 0.435 e. The van der Waals surface area contributed by atoms with Gasteiger partial charge in [-0.3, -0.25) is 14.1 Å². The first-order chi connectivity index (χ1) is 13.4. The molecule has 0 saturated carbocycles. The maximum atomic E-state index is 13.2. The third kappa shape index (κ3) is 3.54. The minimum absolute atomic E-state index is 0.0225. The molecular weight excluding hydrogens is 371 g/mol. The van der Waals surface area contributed by atoms with E-state index in [2.05, 4.69) is 9.73 Å². The fraction of sp³-hybridized carbons (Fsp3) is 0.300. The summed E-state index contributed by atoms with van der Waals surface area (Å²) in [5.74, 6) is -0.313. The highest BCUT2D eigenvalue weighted by atomic mass is 19.3. The summed E-state index contributed by atoms with van der Waals surface area (Å²) >= 11 is 0. The molecule has 1 atom stereocenters. The van der Waals surface area contributed by atoms with Crippen LogP contribution >= 0.6 is 0 Å². The van der Waals surface area contributed by atoms with E-state index in [1.165, 1.54) is 36.2 Å². The summed E-state index contributed by atoms with van der Waals surface area (Å²) in [4.78, 5) is 18.9. The number of carbonyl (C=O) groups is 1.